The van der Waals surface area contributed by atoms with Crippen LogP contribution in [0.3, 0.4) is 0 Å². The molecule has 31 heavy (non-hydrogen) atoms. The Balaban J connectivity index is 1.53. The number of rotatable bonds is 7. The summed E-state index contributed by atoms with van der Waals surface area (Å²) in [6, 6.07) is 9.16. The van der Waals surface area contributed by atoms with Gasteiger partial charge in [-0.3, -0.25) is 20.0 Å². The van der Waals surface area contributed by atoms with Gasteiger partial charge in [0.25, 0.3) is 5.56 Å². The molecule has 0 aliphatic carbocycles. The van der Waals surface area contributed by atoms with Crippen molar-refractivity contribution >= 4 is 39.8 Å². The first kappa shape index (κ1) is 21.2. The van der Waals surface area contributed by atoms with Crippen LogP contribution in [0.4, 0.5) is 5.13 Å². The van der Waals surface area contributed by atoms with Gasteiger partial charge in [-0.2, -0.15) is 0 Å². The minimum Gasteiger partial charge on any atom is -0.300 e. The van der Waals surface area contributed by atoms with E-state index in [-0.39, 0.29) is 17.2 Å². The van der Waals surface area contributed by atoms with Crippen molar-refractivity contribution in [2.75, 3.05) is 11.1 Å². The third-order valence-corrected chi connectivity index (χ3v) is 6.14. The Morgan fingerprint density at radius 3 is 2.84 bits per heavy atom. The lowest BCUT2D eigenvalue weighted by Gasteiger charge is -2.08. The van der Waals surface area contributed by atoms with Gasteiger partial charge < -0.3 is 0 Å². The van der Waals surface area contributed by atoms with Gasteiger partial charge in [0.15, 0.2) is 16.6 Å². The highest BCUT2D eigenvalue weighted by Crippen LogP contribution is 2.24. The molecule has 160 valence electrons. The van der Waals surface area contributed by atoms with E-state index in [9.17, 15) is 9.59 Å². The van der Waals surface area contributed by atoms with Crippen molar-refractivity contribution in [3.05, 3.63) is 51.3 Å². The van der Waals surface area contributed by atoms with Gasteiger partial charge in [0, 0.05) is 18.1 Å². The molecule has 0 unspecified atom stereocenters. The van der Waals surface area contributed by atoms with E-state index in [4.69, 9.17) is 0 Å². The van der Waals surface area contributed by atoms with Gasteiger partial charge in [-0.1, -0.05) is 61.2 Å². The maximum atomic E-state index is 12.4. The Labute approximate surface area is 186 Å². The Morgan fingerprint density at radius 1 is 1.26 bits per heavy atom. The zero-order chi connectivity index (χ0) is 22.0. The molecular weight excluding hydrogens is 434 g/mol. The molecule has 0 saturated carbocycles. The Kier molecular flexibility index (Phi) is 6.14. The van der Waals surface area contributed by atoms with Crippen molar-refractivity contribution in [1.29, 1.82) is 0 Å². The van der Waals surface area contributed by atoms with Gasteiger partial charge in [-0.15, -0.1) is 10.2 Å². The predicted octanol–water partition coefficient (Wildman–Crippen LogP) is 3.17. The lowest BCUT2D eigenvalue weighted by atomic mass is 10.1. The first-order valence-corrected chi connectivity index (χ1v) is 11.5. The van der Waals surface area contributed by atoms with E-state index >= 15 is 0 Å². The molecule has 9 nitrogen and oxygen atoms in total. The van der Waals surface area contributed by atoms with Crippen LogP contribution < -0.4 is 10.9 Å². The number of carbonyl (C=O) groups is 1. The summed E-state index contributed by atoms with van der Waals surface area (Å²) in [5.74, 6) is 0.843. The van der Waals surface area contributed by atoms with E-state index in [0.717, 1.165) is 22.6 Å². The van der Waals surface area contributed by atoms with Crippen molar-refractivity contribution in [2.45, 2.75) is 32.3 Å². The Hall–Kier alpha value is -3.05. The van der Waals surface area contributed by atoms with E-state index < -0.39 is 0 Å². The summed E-state index contributed by atoms with van der Waals surface area (Å²) < 4.78 is 1.49. The molecule has 0 atom stereocenters. The molecule has 2 N–H and O–H groups in total. The molecule has 0 radical (unpaired) electrons. The maximum absolute atomic E-state index is 12.4. The van der Waals surface area contributed by atoms with Crippen molar-refractivity contribution < 1.29 is 4.79 Å². The second kappa shape index (κ2) is 8.98. The molecule has 0 aliphatic heterocycles. The number of aryl methyl sites for hydroxylation is 1. The number of hydrogen-bond donors (Lipinski definition) is 2. The molecule has 3 heterocycles. The average molecular weight is 456 g/mol. The van der Waals surface area contributed by atoms with Crippen LogP contribution in [0, 0.1) is 12.8 Å². The van der Waals surface area contributed by atoms with E-state index in [2.05, 4.69) is 44.4 Å². The van der Waals surface area contributed by atoms with Crippen molar-refractivity contribution in [1.82, 2.24) is 29.8 Å². The molecule has 0 saturated heterocycles. The highest BCUT2D eigenvalue weighted by molar-refractivity contribution is 7.99. The maximum Gasteiger partial charge on any atom is 0.266 e. The normalized spacial score (nSPS) is 11.4. The highest BCUT2D eigenvalue weighted by Gasteiger charge is 2.15. The van der Waals surface area contributed by atoms with Gasteiger partial charge in [0.2, 0.25) is 11.0 Å². The van der Waals surface area contributed by atoms with E-state index in [1.54, 1.807) is 0 Å². The summed E-state index contributed by atoms with van der Waals surface area (Å²) in [6.45, 7) is 6.19. The van der Waals surface area contributed by atoms with Crippen LogP contribution in [-0.2, 0) is 11.2 Å². The van der Waals surface area contributed by atoms with E-state index in [1.165, 1.54) is 33.7 Å². The number of benzene rings is 1. The molecule has 0 spiro atoms. The zero-order valence-electron chi connectivity index (χ0n) is 17.2. The number of anilines is 1. The largest absolute Gasteiger partial charge is 0.300 e. The van der Waals surface area contributed by atoms with Crippen LogP contribution in [0.25, 0.3) is 17.0 Å². The highest BCUT2D eigenvalue weighted by atomic mass is 32.2. The number of fused-ring (bicyclic) bond motifs is 1. The fraction of sp³-hybridized carbons (Fsp3) is 0.300. The Bertz CT molecular complexity index is 1290. The molecule has 0 aliphatic rings. The lowest BCUT2D eigenvalue weighted by molar-refractivity contribution is -0.113. The minimum atomic E-state index is -0.283. The monoisotopic (exact) mass is 455 g/mol. The number of carbonyl (C=O) groups excluding carboxylic acids is 1. The first-order valence-electron chi connectivity index (χ1n) is 9.70. The van der Waals surface area contributed by atoms with Crippen LogP contribution >= 0.6 is 23.1 Å². The van der Waals surface area contributed by atoms with Crippen molar-refractivity contribution in [2.24, 2.45) is 5.92 Å². The summed E-state index contributed by atoms with van der Waals surface area (Å²) in [6.07, 6.45) is 0.823. The number of hydrogen-bond acceptors (Lipinski definition) is 8. The number of thioether (sulfide) groups is 1. The first-order chi connectivity index (χ1) is 14.9. The smallest absolute Gasteiger partial charge is 0.266 e. The van der Waals surface area contributed by atoms with Crippen LogP contribution in [0.15, 0.2) is 40.3 Å². The van der Waals surface area contributed by atoms with Crippen LogP contribution in [0.1, 0.15) is 24.4 Å². The van der Waals surface area contributed by atoms with Gasteiger partial charge in [-0.25, -0.2) is 14.5 Å². The molecule has 3 aromatic heterocycles. The van der Waals surface area contributed by atoms with Crippen molar-refractivity contribution in [3.8, 4) is 11.4 Å². The number of nitrogens with one attached hydrogen (secondary N) is 2. The third-order valence-electron chi connectivity index (χ3n) is 4.34. The molecule has 1 aromatic carbocycles. The van der Waals surface area contributed by atoms with E-state index in [1.807, 2.05) is 31.2 Å². The quantitative estimate of drug-likeness (QED) is 0.411. The number of nitrogens with zero attached hydrogens (tertiary/aromatic N) is 5. The molecule has 4 rings (SSSR count). The van der Waals surface area contributed by atoms with Crippen molar-refractivity contribution in [3.63, 3.8) is 0 Å². The predicted molar refractivity (Wildman–Crippen MR) is 122 cm³/mol. The second-order valence-corrected chi connectivity index (χ2v) is 9.40. The summed E-state index contributed by atoms with van der Waals surface area (Å²) in [5.41, 5.74) is 2.06. The molecule has 4 aromatic rings. The Morgan fingerprint density at radius 2 is 2.06 bits per heavy atom. The summed E-state index contributed by atoms with van der Waals surface area (Å²) >= 11 is 2.59. The fourth-order valence-electron chi connectivity index (χ4n) is 2.95. The summed E-state index contributed by atoms with van der Waals surface area (Å²) in [7, 11) is 0. The lowest BCUT2D eigenvalue weighted by Crippen LogP contribution is -2.15. The number of H-pyrrole nitrogens is 1. The number of aromatic nitrogens is 6. The topological polar surface area (TPSA) is 118 Å². The van der Waals surface area contributed by atoms with E-state index in [0.29, 0.717) is 27.7 Å². The van der Waals surface area contributed by atoms with Gasteiger partial charge in [0.1, 0.15) is 5.01 Å². The average Bonchev–Trinajstić information content (AvgIpc) is 3.31. The molecule has 0 bridgehead atoms. The van der Waals surface area contributed by atoms with Gasteiger partial charge in [0.05, 0.1) is 5.75 Å². The fourth-order valence-corrected chi connectivity index (χ4v) is 4.67. The molecular formula is C20H21N7O2S2. The number of aromatic amines is 1. The SMILES string of the molecule is Cc1ccccc1-c1nc(SCC(=O)Nc2nnc(CC(C)C)s2)n2[nH]c(=O)cc2n1. The molecule has 0 fully saturated rings. The summed E-state index contributed by atoms with van der Waals surface area (Å²) in [5, 5.41) is 15.4. The van der Waals surface area contributed by atoms with Crippen LogP contribution in [0.5, 0.6) is 0 Å². The van der Waals surface area contributed by atoms with Crippen LogP contribution in [-0.4, -0.2) is 41.4 Å². The minimum absolute atomic E-state index is 0.0959. The van der Waals surface area contributed by atoms with Gasteiger partial charge >= 0.3 is 0 Å². The molecule has 1 amide bonds. The summed E-state index contributed by atoms with van der Waals surface area (Å²) in [4.78, 5) is 33.4. The number of amides is 1. The third kappa shape index (κ3) is 5.00. The molecule has 11 heteroatoms. The zero-order valence-corrected chi connectivity index (χ0v) is 18.9. The second-order valence-electron chi connectivity index (χ2n) is 7.39. The van der Waals surface area contributed by atoms with Gasteiger partial charge in [-0.05, 0) is 18.4 Å². The van der Waals surface area contributed by atoms with Crippen LogP contribution in [0.2, 0.25) is 0 Å². The standard InChI is InChI=1S/C20H21N7O2S2/c1-11(2)8-17-24-25-19(31-17)22-16(29)10-30-20-23-18(13-7-5-4-6-12(13)3)21-14-9-15(28)26-27(14)20/h4-7,9,11H,8,10H2,1-3H3,(H,26,28)(H,22,25,29).